The molecular formula is C31H35N5O3. The summed E-state index contributed by atoms with van der Waals surface area (Å²) < 4.78 is 11.7. The molecule has 1 aromatic heterocycles. The van der Waals surface area contributed by atoms with Gasteiger partial charge in [0, 0.05) is 42.4 Å². The highest BCUT2D eigenvalue weighted by Gasteiger charge is 2.21. The topological polar surface area (TPSA) is 99.5 Å². The number of rotatable bonds is 11. The first-order valence-electron chi connectivity index (χ1n) is 13.3. The zero-order chi connectivity index (χ0) is 27.8. The van der Waals surface area contributed by atoms with E-state index in [1.165, 1.54) is 6.08 Å². The minimum atomic E-state index is -0.262. The van der Waals surface area contributed by atoms with Crippen LogP contribution in [0.2, 0.25) is 0 Å². The number of allylic oxidation sites excluding steroid dienone is 1. The number of aromatic nitrogens is 1. The fourth-order valence-electron chi connectivity index (χ4n) is 4.39. The van der Waals surface area contributed by atoms with E-state index >= 15 is 0 Å². The number of benzene rings is 2. The number of ether oxygens (including phenoxy) is 2. The molecule has 0 aliphatic carbocycles. The Hall–Kier alpha value is -4.19. The van der Waals surface area contributed by atoms with Gasteiger partial charge in [0.1, 0.15) is 17.9 Å². The summed E-state index contributed by atoms with van der Waals surface area (Å²) in [7, 11) is 0. The third kappa shape index (κ3) is 7.02. The lowest BCUT2D eigenvalue weighted by atomic mass is 10.1. The van der Waals surface area contributed by atoms with Crippen molar-refractivity contribution in [3.63, 3.8) is 0 Å². The van der Waals surface area contributed by atoms with Gasteiger partial charge < -0.3 is 25.0 Å². The monoisotopic (exact) mass is 525 g/mol. The summed E-state index contributed by atoms with van der Waals surface area (Å²) in [6, 6.07) is 13.7. The molecule has 1 unspecified atom stereocenters. The van der Waals surface area contributed by atoms with Crippen molar-refractivity contribution in [2.45, 2.75) is 33.3 Å². The Morgan fingerprint density at radius 2 is 2.13 bits per heavy atom. The van der Waals surface area contributed by atoms with E-state index in [2.05, 4.69) is 47.0 Å². The lowest BCUT2D eigenvalue weighted by molar-refractivity contribution is -0.111. The molecule has 0 saturated carbocycles. The predicted molar refractivity (Wildman–Crippen MR) is 156 cm³/mol. The second-order valence-electron chi connectivity index (χ2n) is 9.49. The summed E-state index contributed by atoms with van der Waals surface area (Å²) in [6.07, 6.45) is 5.59. The zero-order valence-electron chi connectivity index (χ0n) is 22.8. The minimum Gasteiger partial charge on any atom is -0.486 e. The average Bonchev–Trinajstić information content (AvgIpc) is 3.45. The molecular weight excluding hydrogens is 490 g/mol. The number of pyridine rings is 1. The summed E-state index contributed by atoms with van der Waals surface area (Å²) in [6.45, 7) is 13.8. The van der Waals surface area contributed by atoms with Gasteiger partial charge in [0.2, 0.25) is 5.91 Å². The second-order valence-corrected chi connectivity index (χ2v) is 9.49. The summed E-state index contributed by atoms with van der Waals surface area (Å²) in [5.74, 6) is 0.248. The summed E-state index contributed by atoms with van der Waals surface area (Å²) >= 11 is 0. The number of likely N-dealkylation sites (N-methyl/N-ethyl adjacent to an activating group) is 1. The SMILES string of the molecule is C=C(C)c1cccc(Nc2c(C#N)cnc3cc(OC4CCOC4)c(NC(=O)C=CCN(CC)CC)cc23)c1. The van der Waals surface area contributed by atoms with Crippen molar-refractivity contribution < 1.29 is 14.3 Å². The number of carbonyl (C=O) groups is 1. The van der Waals surface area contributed by atoms with Crippen LogP contribution in [0, 0.1) is 11.3 Å². The molecule has 8 heteroatoms. The maximum absolute atomic E-state index is 12.9. The van der Waals surface area contributed by atoms with E-state index in [-0.39, 0.29) is 12.0 Å². The van der Waals surface area contributed by atoms with Crippen LogP contribution < -0.4 is 15.4 Å². The number of nitrogens with zero attached hydrogens (tertiary/aromatic N) is 3. The van der Waals surface area contributed by atoms with Crippen LogP contribution in [0.15, 0.2) is 61.3 Å². The zero-order valence-corrected chi connectivity index (χ0v) is 22.8. The van der Waals surface area contributed by atoms with Gasteiger partial charge in [-0.2, -0.15) is 5.26 Å². The van der Waals surface area contributed by atoms with Gasteiger partial charge in [-0.25, -0.2) is 0 Å². The molecule has 202 valence electrons. The van der Waals surface area contributed by atoms with Gasteiger partial charge in [-0.15, -0.1) is 0 Å². The Kier molecular flexibility index (Phi) is 9.31. The Bertz CT molecular complexity index is 1420. The molecule has 2 N–H and O–H groups in total. The molecule has 1 aliphatic rings. The molecule has 1 atom stereocenters. The van der Waals surface area contributed by atoms with Gasteiger partial charge in [-0.1, -0.05) is 44.2 Å². The van der Waals surface area contributed by atoms with Crippen LogP contribution in [-0.2, 0) is 9.53 Å². The number of hydrogen-bond acceptors (Lipinski definition) is 7. The number of anilines is 3. The van der Waals surface area contributed by atoms with Crippen molar-refractivity contribution >= 4 is 39.4 Å². The maximum atomic E-state index is 12.9. The first-order chi connectivity index (χ1) is 18.9. The van der Waals surface area contributed by atoms with Gasteiger partial charge in [-0.05, 0) is 43.8 Å². The molecule has 1 saturated heterocycles. The van der Waals surface area contributed by atoms with Gasteiger partial charge in [0.15, 0.2) is 0 Å². The van der Waals surface area contributed by atoms with Crippen LogP contribution in [0.25, 0.3) is 16.5 Å². The van der Waals surface area contributed by atoms with Crippen LogP contribution in [0.4, 0.5) is 17.1 Å². The van der Waals surface area contributed by atoms with Gasteiger partial charge >= 0.3 is 0 Å². The van der Waals surface area contributed by atoms with Crippen molar-refractivity contribution in [3.05, 3.63) is 72.5 Å². The largest absolute Gasteiger partial charge is 0.486 e. The highest BCUT2D eigenvalue weighted by Crippen LogP contribution is 2.37. The van der Waals surface area contributed by atoms with Crippen molar-refractivity contribution in [2.75, 3.05) is 43.5 Å². The first kappa shape index (κ1) is 27.8. The third-order valence-electron chi connectivity index (χ3n) is 6.68. The first-order valence-corrected chi connectivity index (χ1v) is 13.3. The average molecular weight is 526 g/mol. The lowest BCUT2D eigenvalue weighted by Crippen LogP contribution is -2.23. The number of nitriles is 1. The van der Waals surface area contributed by atoms with Crippen LogP contribution in [0.3, 0.4) is 0 Å². The lowest BCUT2D eigenvalue weighted by Gasteiger charge is -2.19. The predicted octanol–water partition coefficient (Wildman–Crippen LogP) is 5.89. The van der Waals surface area contributed by atoms with Crippen LogP contribution in [0.1, 0.15) is 38.3 Å². The smallest absolute Gasteiger partial charge is 0.248 e. The molecule has 1 fully saturated rings. The summed E-state index contributed by atoms with van der Waals surface area (Å²) in [5, 5.41) is 16.9. The second kappa shape index (κ2) is 13.1. The quantitative estimate of drug-likeness (QED) is 0.301. The van der Waals surface area contributed by atoms with Gasteiger partial charge in [0.05, 0.1) is 35.7 Å². The molecule has 39 heavy (non-hydrogen) atoms. The number of nitrogens with one attached hydrogen (secondary N) is 2. The number of carbonyl (C=O) groups excluding carboxylic acids is 1. The summed E-state index contributed by atoms with van der Waals surface area (Å²) in [5.41, 5.74) is 4.88. The van der Waals surface area contributed by atoms with Crippen LogP contribution in [-0.4, -0.2) is 54.7 Å². The van der Waals surface area contributed by atoms with Crippen molar-refractivity contribution in [2.24, 2.45) is 0 Å². The fourth-order valence-corrected chi connectivity index (χ4v) is 4.39. The number of hydrogen-bond donors (Lipinski definition) is 2. The fraction of sp³-hybridized carbons (Fsp3) is 0.323. The molecule has 1 amide bonds. The minimum absolute atomic E-state index is 0.114. The molecule has 4 rings (SSSR count). The molecule has 0 bridgehead atoms. The van der Waals surface area contributed by atoms with E-state index in [4.69, 9.17) is 9.47 Å². The molecule has 3 aromatic rings. The molecule has 2 heterocycles. The molecule has 0 radical (unpaired) electrons. The van der Waals surface area contributed by atoms with Crippen LogP contribution in [0.5, 0.6) is 5.75 Å². The highest BCUT2D eigenvalue weighted by atomic mass is 16.5. The third-order valence-corrected chi connectivity index (χ3v) is 6.68. The normalized spacial score (nSPS) is 15.0. The Labute approximate surface area is 229 Å². The van der Waals surface area contributed by atoms with E-state index in [0.29, 0.717) is 53.3 Å². The molecule has 2 aromatic carbocycles. The van der Waals surface area contributed by atoms with Gasteiger partial charge in [0.25, 0.3) is 0 Å². The Morgan fingerprint density at radius 3 is 2.82 bits per heavy atom. The highest BCUT2D eigenvalue weighted by molar-refractivity contribution is 6.05. The van der Waals surface area contributed by atoms with E-state index < -0.39 is 0 Å². The van der Waals surface area contributed by atoms with Gasteiger partial charge in [-0.3, -0.25) is 9.78 Å². The van der Waals surface area contributed by atoms with Crippen molar-refractivity contribution in [1.29, 1.82) is 5.26 Å². The Balaban J connectivity index is 1.73. The van der Waals surface area contributed by atoms with Crippen molar-refractivity contribution in [3.8, 4) is 11.8 Å². The molecule has 0 spiro atoms. The van der Waals surface area contributed by atoms with Crippen LogP contribution >= 0.6 is 0 Å². The molecule has 8 nitrogen and oxygen atoms in total. The standard InChI is InChI=1S/C31H35N5O3/c1-5-36(6-2)13-8-11-30(37)35-28-16-26-27(17-29(28)39-25-12-14-38-20-25)33-19-23(18-32)31(26)34-24-10-7-9-22(15-24)21(3)4/h7-11,15-17,19,25H,3,5-6,12-14,20H2,1-2,4H3,(H,33,34)(H,35,37). The number of amides is 1. The summed E-state index contributed by atoms with van der Waals surface area (Å²) in [4.78, 5) is 19.6. The van der Waals surface area contributed by atoms with E-state index in [0.717, 1.165) is 36.3 Å². The molecule has 1 aliphatic heterocycles. The number of fused-ring (bicyclic) bond motifs is 1. The van der Waals surface area contributed by atoms with E-state index in [9.17, 15) is 10.1 Å². The maximum Gasteiger partial charge on any atom is 0.248 e. The van der Waals surface area contributed by atoms with E-state index in [1.54, 1.807) is 12.3 Å². The van der Waals surface area contributed by atoms with Crippen molar-refractivity contribution in [1.82, 2.24) is 9.88 Å². The Morgan fingerprint density at radius 1 is 1.31 bits per heavy atom. The van der Waals surface area contributed by atoms with E-state index in [1.807, 2.05) is 43.3 Å².